The zero-order chi connectivity index (χ0) is 14.8. The van der Waals surface area contributed by atoms with Gasteiger partial charge in [-0.15, -0.1) is 0 Å². The van der Waals surface area contributed by atoms with Gasteiger partial charge in [-0.25, -0.2) is 0 Å². The molecule has 4 rings (SSSR count). The zero-order valence-corrected chi connectivity index (χ0v) is 11.6. The molecule has 7 heteroatoms. The molecule has 22 heavy (non-hydrogen) atoms. The second-order valence-corrected chi connectivity index (χ2v) is 4.71. The minimum Gasteiger partial charge on any atom is -0.486 e. The van der Waals surface area contributed by atoms with Crippen LogP contribution in [0.1, 0.15) is 5.89 Å². The van der Waals surface area contributed by atoms with E-state index in [1.165, 1.54) is 0 Å². The Hall–Kier alpha value is -2.96. The van der Waals surface area contributed by atoms with Gasteiger partial charge in [0.25, 0.3) is 0 Å². The molecule has 0 atom stereocenters. The molecule has 0 fully saturated rings. The Kier molecular flexibility index (Phi) is 3.15. The van der Waals surface area contributed by atoms with Crippen LogP contribution in [0, 0.1) is 0 Å². The van der Waals surface area contributed by atoms with Crippen LogP contribution in [-0.2, 0) is 6.54 Å². The minimum atomic E-state index is 0.394. The molecular formula is C15H13N3O4. The number of ether oxygens (including phenoxy) is 2. The number of fused-ring (bicyclic) bond motifs is 1. The molecule has 0 amide bonds. The van der Waals surface area contributed by atoms with Crippen LogP contribution in [0.15, 0.2) is 45.7 Å². The summed E-state index contributed by atoms with van der Waals surface area (Å²) < 4.78 is 21.4. The van der Waals surface area contributed by atoms with Gasteiger partial charge in [0.05, 0.1) is 24.1 Å². The average molecular weight is 299 g/mol. The number of para-hydroxylation sites is 1. The summed E-state index contributed by atoms with van der Waals surface area (Å²) in [6.45, 7) is 1.50. The van der Waals surface area contributed by atoms with Gasteiger partial charge < -0.3 is 23.7 Å². The molecule has 0 unspecified atom stereocenters. The summed E-state index contributed by atoms with van der Waals surface area (Å²) in [5.74, 6) is 2.43. The van der Waals surface area contributed by atoms with Gasteiger partial charge in [0.1, 0.15) is 19.5 Å². The smallest absolute Gasteiger partial charge is 0.246 e. The Morgan fingerprint density at radius 1 is 1.14 bits per heavy atom. The lowest BCUT2D eigenvalue weighted by Crippen LogP contribution is -2.16. The van der Waals surface area contributed by atoms with E-state index in [1.54, 1.807) is 18.6 Å². The average Bonchev–Trinajstić information content (AvgIpc) is 3.24. The van der Waals surface area contributed by atoms with E-state index < -0.39 is 0 Å². The number of hydrogen-bond acceptors (Lipinski definition) is 7. The van der Waals surface area contributed by atoms with E-state index in [0.29, 0.717) is 37.2 Å². The number of hydrogen-bond donors (Lipinski definition) is 1. The van der Waals surface area contributed by atoms with Crippen LogP contribution in [0.4, 0.5) is 5.69 Å². The Morgan fingerprint density at radius 3 is 3.00 bits per heavy atom. The van der Waals surface area contributed by atoms with Crippen LogP contribution in [-0.4, -0.2) is 23.4 Å². The van der Waals surface area contributed by atoms with Crippen LogP contribution >= 0.6 is 0 Å². The van der Waals surface area contributed by atoms with Crippen LogP contribution in [0.2, 0.25) is 0 Å². The summed E-state index contributed by atoms with van der Waals surface area (Å²) in [6.07, 6.45) is 3.14. The maximum atomic E-state index is 5.64. The lowest BCUT2D eigenvalue weighted by Gasteiger charge is -2.21. The van der Waals surface area contributed by atoms with Crippen molar-refractivity contribution in [2.24, 2.45) is 0 Å². The molecular weight excluding hydrogens is 286 g/mol. The molecule has 1 aromatic carbocycles. The fraction of sp³-hybridized carbons (Fsp3) is 0.200. The molecule has 0 bridgehead atoms. The molecule has 0 saturated carbocycles. The van der Waals surface area contributed by atoms with Crippen molar-refractivity contribution in [2.75, 3.05) is 18.5 Å². The molecule has 0 aliphatic carbocycles. The van der Waals surface area contributed by atoms with E-state index in [2.05, 4.69) is 15.5 Å². The molecule has 1 aliphatic heterocycles. The number of nitrogens with zero attached hydrogens (tertiary/aromatic N) is 2. The van der Waals surface area contributed by atoms with Crippen molar-refractivity contribution in [3.8, 4) is 22.9 Å². The molecule has 0 spiro atoms. The van der Waals surface area contributed by atoms with Crippen LogP contribution in [0.25, 0.3) is 11.4 Å². The van der Waals surface area contributed by atoms with Crippen molar-refractivity contribution in [1.29, 1.82) is 0 Å². The van der Waals surface area contributed by atoms with E-state index in [4.69, 9.17) is 18.4 Å². The number of aromatic nitrogens is 2. The number of rotatable bonds is 4. The highest BCUT2D eigenvalue weighted by Crippen LogP contribution is 2.37. The van der Waals surface area contributed by atoms with Crippen molar-refractivity contribution in [3.05, 3.63) is 42.7 Å². The standard InChI is InChI=1S/C15H13N3O4/c1-2-11(14-12(3-1)20-6-7-21-14)16-8-13-17-15(18-22-13)10-4-5-19-9-10/h1-5,9,16H,6-8H2. The highest BCUT2D eigenvalue weighted by molar-refractivity contribution is 5.63. The predicted molar refractivity (Wildman–Crippen MR) is 76.8 cm³/mol. The zero-order valence-electron chi connectivity index (χ0n) is 11.6. The molecule has 1 N–H and O–H groups in total. The highest BCUT2D eigenvalue weighted by Gasteiger charge is 2.16. The third-order valence-corrected chi connectivity index (χ3v) is 3.24. The van der Waals surface area contributed by atoms with Crippen molar-refractivity contribution < 1.29 is 18.4 Å². The number of nitrogens with one attached hydrogen (secondary N) is 1. The van der Waals surface area contributed by atoms with Crippen molar-refractivity contribution in [3.63, 3.8) is 0 Å². The summed E-state index contributed by atoms with van der Waals surface area (Å²) in [7, 11) is 0. The minimum absolute atomic E-state index is 0.394. The van der Waals surface area contributed by atoms with Crippen LogP contribution in [0.3, 0.4) is 0 Å². The van der Waals surface area contributed by atoms with Crippen LogP contribution in [0.5, 0.6) is 11.5 Å². The summed E-state index contributed by atoms with van der Waals surface area (Å²) in [5, 5.41) is 7.14. The van der Waals surface area contributed by atoms with E-state index in [0.717, 1.165) is 17.0 Å². The van der Waals surface area contributed by atoms with Gasteiger partial charge in [-0.3, -0.25) is 0 Å². The van der Waals surface area contributed by atoms with E-state index in [9.17, 15) is 0 Å². The van der Waals surface area contributed by atoms with Crippen molar-refractivity contribution >= 4 is 5.69 Å². The highest BCUT2D eigenvalue weighted by atomic mass is 16.6. The second kappa shape index (κ2) is 5.44. The van der Waals surface area contributed by atoms with Gasteiger partial charge >= 0.3 is 0 Å². The quantitative estimate of drug-likeness (QED) is 0.793. The summed E-state index contributed by atoms with van der Waals surface area (Å²) in [5.41, 5.74) is 1.61. The Labute approximate surface area is 125 Å². The first-order chi connectivity index (χ1) is 10.9. The Morgan fingerprint density at radius 2 is 2.09 bits per heavy atom. The van der Waals surface area contributed by atoms with Gasteiger partial charge in [-0.05, 0) is 18.2 Å². The van der Waals surface area contributed by atoms with Gasteiger partial charge in [0.2, 0.25) is 11.7 Å². The first-order valence-electron chi connectivity index (χ1n) is 6.88. The van der Waals surface area contributed by atoms with E-state index in [-0.39, 0.29) is 0 Å². The van der Waals surface area contributed by atoms with Gasteiger partial charge in [-0.1, -0.05) is 11.2 Å². The summed E-state index contributed by atoms with van der Waals surface area (Å²) in [6, 6.07) is 7.48. The lowest BCUT2D eigenvalue weighted by molar-refractivity contribution is 0.172. The largest absolute Gasteiger partial charge is 0.486 e. The molecule has 7 nitrogen and oxygen atoms in total. The lowest BCUT2D eigenvalue weighted by atomic mass is 10.2. The molecule has 112 valence electrons. The Bertz CT molecular complexity index is 767. The third-order valence-electron chi connectivity index (χ3n) is 3.24. The first-order valence-corrected chi connectivity index (χ1v) is 6.88. The van der Waals surface area contributed by atoms with Crippen molar-refractivity contribution in [2.45, 2.75) is 6.54 Å². The first kappa shape index (κ1) is 12.8. The van der Waals surface area contributed by atoms with Crippen molar-refractivity contribution in [1.82, 2.24) is 10.1 Å². The summed E-state index contributed by atoms with van der Waals surface area (Å²) >= 11 is 0. The monoisotopic (exact) mass is 299 g/mol. The third kappa shape index (κ3) is 2.37. The van der Waals surface area contributed by atoms with Gasteiger partial charge in [-0.2, -0.15) is 4.98 Å². The number of furan rings is 1. The molecule has 0 saturated heterocycles. The normalized spacial score (nSPS) is 13.1. The molecule has 0 radical (unpaired) electrons. The maximum Gasteiger partial charge on any atom is 0.246 e. The van der Waals surface area contributed by atoms with Gasteiger partial charge in [0, 0.05) is 0 Å². The predicted octanol–water partition coefficient (Wildman–Crippen LogP) is 2.71. The topological polar surface area (TPSA) is 82.6 Å². The molecule has 3 heterocycles. The maximum absolute atomic E-state index is 5.64. The molecule has 1 aliphatic rings. The van der Waals surface area contributed by atoms with E-state index in [1.807, 2.05) is 18.2 Å². The molecule has 3 aromatic rings. The van der Waals surface area contributed by atoms with Gasteiger partial charge in [0.15, 0.2) is 11.5 Å². The van der Waals surface area contributed by atoms with E-state index >= 15 is 0 Å². The Balaban J connectivity index is 1.49. The number of benzene rings is 1. The fourth-order valence-corrected chi connectivity index (χ4v) is 2.22. The molecule has 2 aromatic heterocycles. The summed E-state index contributed by atoms with van der Waals surface area (Å²) in [4.78, 5) is 4.31. The number of anilines is 1. The second-order valence-electron chi connectivity index (χ2n) is 4.71. The SMILES string of the molecule is c1cc(NCc2nc(-c3ccoc3)no2)c2c(c1)OCCO2. The fourth-order valence-electron chi connectivity index (χ4n) is 2.22. The van der Waals surface area contributed by atoms with Crippen LogP contribution < -0.4 is 14.8 Å².